The molecule has 0 fully saturated rings. The minimum Gasteiger partial charge on any atom is -0.464 e. The number of ether oxygens (including phenoxy) is 1. The fourth-order valence-electron chi connectivity index (χ4n) is 0.685. The predicted octanol–water partition coefficient (Wildman–Crippen LogP) is 2.47. The lowest BCUT2D eigenvalue weighted by Crippen LogP contribution is -2.33. The third-order valence-corrected chi connectivity index (χ3v) is 2.02. The van der Waals surface area contributed by atoms with Crippen molar-refractivity contribution in [3.63, 3.8) is 0 Å². The highest BCUT2D eigenvalue weighted by Gasteiger charge is 2.37. The number of hydrogen-bond donors (Lipinski definition) is 1. The van der Waals surface area contributed by atoms with Crippen LogP contribution in [0.5, 0.6) is 0 Å². The second-order valence-corrected chi connectivity index (χ2v) is 4.92. The maximum absolute atomic E-state index is 11.3. The number of esters is 1. The Kier molecular flexibility index (Phi) is 5.96. The molecule has 0 aromatic carbocycles. The first-order valence-corrected chi connectivity index (χ1v) is 5.19. The highest BCUT2D eigenvalue weighted by Crippen LogP contribution is 2.30. The van der Waals surface area contributed by atoms with Crippen LogP contribution in [0.25, 0.3) is 0 Å². The molecule has 7 heteroatoms. The molecule has 0 aliphatic heterocycles. The Balaban J connectivity index is 4.58. The molecule has 1 atom stereocenters. The number of nitrogens with one attached hydrogen (secondary N) is 1. The van der Waals surface area contributed by atoms with Crippen molar-refractivity contribution >= 4 is 46.5 Å². The molecule has 0 aromatic heterocycles. The van der Waals surface area contributed by atoms with Crippen LogP contribution in [0.3, 0.4) is 0 Å². The van der Waals surface area contributed by atoms with Gasteiger partial charge in [-0.2, -0.15) is 5.26 Å². The van der Waals surface area contributed by atoms with Crippen LogP contribution in [0.4, 0.5) is 0 Å². The highest BCUT2D eigenvalue weighted by atomic mass is 35.6. The van der Waals surface area contributed by atoms with E-state index in [1.807, 2.05) is 0 Å². The van der Waals surface area contributed by atoms with Gasteiger partial charge in [-0.05, 0) is 6.42 Å². The maximum atomic E-state index is 11.3. The first-order valence-electron chi connectivity index (χ1n) is 4.06. The second kappa shape index (κ2) is 6.16. The third-order valence-electron chi connectivity index (χ3n) is 1.41. The van der Waals surface area contributed by atoms with Crippen LogP contribution in [0.15, 0.2) is 0 Å². The Morgan fingerprint density at radius 3 is 2.47 bits per heavy atom. The zero-order chi connectivity index (χ0) is 12.1. The molecular formula is C8H9Cl3N2O2. The molecule has 15 heavy (non-hydrogen) atoms. The average Bonchev–Trinajstić information content (AvgIpc) is 2.14. The quantitative estimate of drug-likeness (QED) is 0.485. The smallest absolute Gasteiger partial charge is 0.329 e. The van der Waals surface area contributed by atoms with Crippen LogP contribution in [-0.2, 0) is 9.53 Å². The summed E-state index contributed by atoms with van der Waals surface area (Å²) in [4.78, 5) is 11.3. The van der Waals surface area contributed by atoms with E-state index in [4.69, 9.17) is 45.5 Å². The monoisotopic (exact) mass is 270 g/mol. The van der Waals surface area contributed by atoms with Gasteiger partial charge in [0.15, 0.2) is 5.92 Å². The van der Waals surface area contributed by atoms with Gasteiger partial charge in [0.05, 0.1) is 18.4 Å². The molecule has 4 nitrogen and oxygen atoms in total. The lowest BCUT2D eigenvalue weighted by Gasteiger charge is -2.16. The molecule has 0 spiro atoms. The van der Waals surface area contributed by atoms with E-state index in [1.165, 1.54) is 0 Å². The van der Waals surface area contributed by atoms with Gasteiger partial charge in [-0.15, -0.1) is 0 Å². The molecule has 0 rings (SSSR count). The first-order chi connectivity index (χ1) is 6.84. The normalized spacial score (nSPS) is 12.7. The van der Waals surface area contributed by atoms with Gasteiger partial charge in [-0.25, -0.2) is 0 Å². The largest absolute Gasteiger partial charge is 0.464 e. The fraction of sp³-hybridized carbons (Fsp3) is 0.625. The Labute approximate surface area is 103 Å². The summed E-state index contributed by atoms with van der Waals surface area (Å²) in [5.41, 5.74) is -0.601. The number of carbonyl (C=O) groups excluding carboxylic acids is 1. The van der Waals surface area contributed by atoms with E-state index in [1.54, 1.807) is 13.0 Å². The van der Waals surface area contributed by atoms with E-state index in [-0.39, 0.29) is 6.61 Å². The van der Waals surface area contributed by atoms with Crippen molar-refractivity contribution in [3.8, 4) is 6.07 Å². The Bertz CT molecular complexity index is 293. The Morgan fingerprint density at radius 2 is 2.13 bits per heavy atom. The van der Waals surface area contributed by atoms with Crippen LogP contribution in [0.1, 0.15) is 13.3 Å². The predicted molar refractivity (Wildman–Crippen MR) is 58.4 cm³/mol. The molecule has 0 saturated heterocycles. The summed E-state index contributed by atoms with van der Waals surface area (Å²) < 4.78 is 2.62. The van der Waals surface area contributed by atoms with E-state index in [2.05, 4.69) is 4.74 Å². The molecule has 0 aliphatic rings. The lowest BCUT2D eigenvalue weighted by molar-refractivity contribution is -0.144. The Morgan fingerprint density at radius 1 is 1.60 bits per heavy atom. The van der Waals surface area contributed by atoms with E-state index < -0.39 is 21.4 Å². The molecule has 0 aliphatic carbocycles. The van der Waals surface area contributed by atoms with E-state index in [9.17, 15) is 4.79 Å². The number of nitrogens with zero attached hydrogens (tertiary/aromatic N) is 1. The first kappa shape index (κ1) is 14.5. The van der Waals surface area contributed by atoms with Crippen molar-refractivity contribution in [3.05, 3.63) is 0 Å². The number of alkyl halides is 3. The second-order valence-electron chi connectivity index (χ2n) is 2.64. The molecule has 0 unspecified atom stereocenters. The van der Waals surface area contributed by atoms with Crippen LogP contribution < -0.4 is 0 Å². The van der Waals surface area contributed by atoms with Crippen molar-refractivity contribution < 1.29 is 9.53 Å². The van der Waals surface area contributed by atoms with Gasteiger partial charge < -0.3 is 10.1 Å². The van der Waals surface area contributed by atoms with Gasteiger partial charge in [0, 0.05) is 0 Å². The molecule has 84 valence electrons. The maximum Gasteiger partial charge on any atom is 0.329 e. The minimum absolute atomic E-state index is 0.171. The summed E-state index contributed by atoms with van der Waals surface area (Å²) in [5, 5.41) is 16.0. The fourth-order valence-corrected chi connectivity index (χ4v) is 1.01. The molecule has 0 saturated carbocycles. The van der Waals surface area contributed by atoms with Crippen LogP contribution in [-0.4, -0.2) is 22.1 Å². The number of carbonyl (C=O) groups is 1. The van der Waals surface area contributed by atoms with Crippen molar-refractivity contribution in [2.75, 3.05) is 6.61 Å². The topological polar surface area (TPSA) is 73.9 Å². The van der Waals surface area contributed by atoms with Crippen LogP contribution in [0, 0.1) is 22.7 Å². The van der Waals surface area contributed by atoms with Crippen LogP contribution in [0.2, 0.25) is 0 Å². The molecular weight excluding hydrogens is 262 g/mol. The highest BCUT2D eigenvalue weighted by molar-refractivity contribution is 6.77. The van der Waals surface area contributed by atoms with Gasteiger partial charge in [-0.1, -0.05) is 41.7 Å². The standard InChI is InChI=1S/C8H9Cl3N2O2/c1-2-3-15-7(14)5(4-12)6(13)8(9,10)11/h5,13H,2-3H2,1H3/t5-/m0/s1. The van der Waals surface area contributed by atoms with Crippen molar-refractivity contribution in [1.82, 2.24) is 0 Å². The average molecular weight is 272 g/mol. The van der Waals surface area contributed by atoms with Gasteiger partial charge in [-0.3, -0.25) is 4.79 Å². The van der Waals surface area contributed by atoms with Crippen LogP contribution >= 0.6 is 34.8 Å². The van der Waals surface area contributed by atoms with Crippen molar-refractivity contribution in [2.45, 2.75) is 17.1 Å². The number of hydrogen-bond acceptors (Lipinski definition) is 4. The van der Waals surface area contributed by atoms with Gasteiger partial charge in [0.2, 0.25) is 3.79 Å². The molecule has 0 amide bonds. The summed E-state index contributed by atoms with van der Waals surface area (Å²) >= 11 is 16.1. The van der Waals surface area contributed by atoms with Gasteiger partial charge >= 0.3 is 5.97 Å². The Hall–Kier alpha value is -0.500. The zero-order valence-corrected chi connectivity index (χ0v) is 10.2. The molecule has 0 bridgehead atoms. The lowest BCUT2D eigenvalue weighted by atomic mass is 10.1. The van der Waals surface area contributed by atoms with E-state index in [0.717, 1.165) is 0 Å². The van der Waals surface area contributed by atoms with Gasteiger partial charge in [0.1, 0.15) is 0 Å². The molecule has 0 aromatic rings. The molecule has 1 N–H and O–H groups in total. The zero-order valence-electron chi connectivity index (χ0n) is 7.89. The summed E-state index contributed by atoms with van der Waals surface area (Å²) in [6, 6.07) is 1.56. The minimum atomic E-state index is -2.06. The number of rotatable bonds is 4. The number of nitriles is 1. The van der Waals surface area contributed by atoms with Gasteiger partial charge in [0.25, 0.3) is 0 Å². The van der Waals surface area contributed by atoms with Crippen molar-refractivity contribution in [1.29, 1.82) is 10.7 Å². The third kappa shape index (κ3) is 4.70. The summed E-state index contributed by atoms with van der Waals surface area (Å²) in [7, 11) is 0. The summed E-state index contributed by atoms with van der Waals surface area (Å²) in [5.74, 6) is -2.33. The number of halogens is 3. The molecule has 0 heterocycles. The summed E-state index contributed by atoms with van der Waals surface area (Å²) in [6.45, 7) is 1.97. The SMILES string of the molecule is CCCOC(=O)[C@@H](C#N)C(=N)C(Cl)(Cl)Cl. The molecule has 0 radical (unpaired) electrons. The summed E-state index contributed by atoms with van der Waals surface area (Å²) in [6.07, 6.45) is 0.616. The van der Waals surface area contributed by atoms with E-state index in [0.29, 0.717) is 6.42 Å². The van der Waals surface area contributed by atoms with Crippen molar-refractivity contribution in [2.24, 2.45) is 5.92 Å². The van der Waals surface area contributed by atoms with E-state index >= 15 is 0 Å².